The number of rotatable bonds is 9. The highest BCUT2D eigenvalue weighted by Gasteiger charge is 2.22. The van der Waals surface area contributed by atoms with Crippen LogP contribution in [0.1, 0.15) is 12.8 Å². The van der Waals surface area contributed by atoms with Gasteiger partial charge in [0.05, 0.1) is 5.70 Å². The van der Waals surface area contributed by atoms with E-state index < -0.39 is 23.5 Å². The average Bonchev–Trinajstić information content (AvgIpc) is 2.59. The zero-order valence-corrected chi connectivity index (χ0v) is 14.3. The first-order chi connectivity index (χ1) is 12.8. The molecule has 27 heavy (non-hydrogen) atoms. The highest BCUT2D eigenvalue weighted by Crippen LogP contribution is 2.19. The maximum absolute atomic E-state index is 11.3. The van der Waals surface area contributed by atoms with Gasteiger partial charge in [0.15, 0.2) is 0 Å². The molecule has 0 radical (unpaired) electrons. The topological polar surface area (TPSA) is 175 Å². The van der Waals surface area contributed by atoms with Gasteiger partial charge in [0, 0.05) is 30.1 Å². The Morgan fingerprint density at radius 1 is 1.26 bits per heavy atom. The predicted octanol–water partition coefficient (Wildman–Crippen LogP) is -0.134. The molecule has 2 aromatic rings. The number of fused-ring (bicyclic) bond motifs is 1. The fourth-order valence-electron chi connectivity index (χ4n) is 2.30. The van der Waals surface area contributed by atoms with Crippen LogP contribution in [0.15, 0.2) is 51.4 Å². The molecule has 0 bridgehead atoms. The van der Waals surface area contributed by atoms with Gasteiger partial charge in [-0.3, -0.25) is 4.79 Å². The Bertz CT molecular complexity index is 923. The van der Waals surface area contributed by atoms with E-state index in [0.717, 1.165) is 10.4 Å². The van der Waals surface area contributed by atoms with Crippen molar-refractivity contribution in [2.45, 2.75) is 18.9 Å². The number of nitrogens with two attached hydrogens (primary N) is 3. The summed E-state index contributed by atoms with van der Waals surface area (Å²) in [5.74, 6) is 4.27. The summed E-state index contributed by atoms with van der Waals surface area (Å²) in [6.07, 6.45) is 1.02. The minimum absolute atomic E-state index is 0.0600. The molecular weight excluding hydrogens is 356 g/mol. The second-order valence-corrected chi connectivity index (χ2v) is 5.75. The summed E-state index contributed by atoms with van der Waals surface area (Å²) < 4.78 is 10.6. The lowest BCUT2D eigenvalue weighted by Gasteiger charge is -2.22. The van der Waals surface area contributed by atoms with E-state index in [1.54, 1.807) is 18.2 Å². The number of carbonyl (C=O) groups is 2. The van der Waals surface area contributed by atoms with Gasteiger partial charge in [-0.2, -0.15) is 0 Å². The Kier molecular flexibility index (Phi) is 6.39. The Morgan fingerprint density at radius 2 is 1.96 bits per heavy atom. The first kappa shape index (κ1) is 19.8. The minimum Gasteiger partial charge on any atom is -0.487 e. The average molecular weight is 376 g/mol. The highest BCUT2D eigenvalue weighted by molar-refractivity contribution is 5.78. The molecule has 1 aromatic carbocycles. The summed E-state index contributed by atoms with van der Waals surface area (Å²) in [7, 11) is 0. The van der Waals surface area contributed by atoms with E-state index in [1.165, 1.54) is 18.3 Å². The van der Waals surface area contributed by atoms with E-state index >= 15 is 0 Å². The van der Waals surface area contributed by atoms with E-state index in [-0.39, 0.29) is 25.1 Å². The predicted molar refractivity (Wildman–Crippen MR) is 96.1 cm³/mol. The van der Waals surface area contributed by atoms with Crippen LogP contribution in [0.5, 0.6) is 5.75 Å². The third-order valence-corrected chi connectivity index (χ3v) is 3.62. The second kappa shape index (κ2) is 8.72. The molecule has 0 saturated heterocycles. The zero-order valence-electron chi connectivity index (χ0n) is 14.3. The Hall–Kier alpha value is -3.53. The third-order valence-electron chi connectivity index (χ3n) is 3.62. The number of carboxylic acids is 1. The molecule has 1 aromatic heterocycles. The second-order valence-electron chi connectivity index (χ2n) is 5.75. The normalized spacial score (nSPS) is 12.6. The fourth-order valence-corrected chi connectivity index (χ4v) is 2.30. The maximum atomic E-state index is 11.3. The lowest BCUT2D eigenvalue weighted by molar-refractivity contribution is -0.142. The van der Waals surface area contributed by atoms with Gasteiger partial charge in [-0.05, 0) is 24.6 Å². The monoisotopic (exact) mass is 376 g/mol. The number of benzene rings is 1. The van der Waals surface area contributed by atoms with Crippen LogP contribution >= 0.6 is 0 Å². The molecule has 144 valence electrons. The molecular formula is C17H20N4O6. The van der Waals surface area contributed by atoms with Crippen molar-refractivity contribution < 1.29 is 23.8 Å². The van der Waals surface area contributed by atoms with Crippen LogP contribution < -0.4 is 27.7 Å². The number of ether oxygens (including phenoxy) is 1. The number of hydrazine groups is 1. The number of aliphatic carboxylic acids is 1. The molecule has 10 nitrogen and oxygen atoms in total. The number of amides is 1. The molecule has 0 saturated carbocycles. The van der Waals surface area contributed by atoms with Crippen LogP contribution in [-0.4, -0.2) is 34.6 Å². The van der Waals surface area contributed by atoms with Gasteiger partial charge in [-0.15, -0.1) is 0 Å². The van der Waals surface area contributed by atoms with Crippen molar-refractivity contribution in [3.8, 4) is 5.75 Å². The first-order valence-corrected chi connectivity index (χ1v) is 7.93. The van der Waals surface area contributed by atoms with Gasteiger partial charge >= 0.3 is 11.6 Å². The summed E-state index contributed by atoms with van der Waals surface area (Å²) in [6.45, 7) is -0.0849. The number of carboxylic acid groups (broad SMARTS) is 1. The van der Waals surface area contributed by atoms with E-state index in [2.05, 4.69) is 0 Å². The molecule has 1 unspecified atom stereocenters. The molecule has 10 heteroatoms. The number of nitrogens with zero attached hydrogens (tertiary/aromatic N) is 1. The van der Waals surface area contributed by atoms with Crippen LogP contribution in [0.4, 0.5) is 0 Å². The van der Waals surface area contributed by atoms with Crippen LogP contribution in [0, 0.1) is 0 Å². The molecule has 0 fully saturated rings. The quantitative estimate of drug-likeness (QED) is 0.264. The maximum Gasteiger partial charge on any atom is 0.336 e. The van der Waals surface area contributed by atoms with Crippen molar-refractivity contribution in [2.24, 2.45) is 17.3 Å². The summed E-state index contributed by atoms with van der Waals surface area (Å²) in [5, 5.41) is 10.8. The van der Waals surface area contributed by atoms with Crippen molar-refractivity contribution in [2.75, 3.05) is 6.61 Å². The van der Waals surface area contributed by atoms with Gasteiger partial charge in [0.2, 0.25) is 5.91 Å². The Labute approximate surface area is 153 Å². The van der Waals surface area contributed by atoms with Crippen molar-refractivity contribution in [3.05, 3.63) is 52.6 Å². The highest BCUT2D eigenvalue weighted by atomic mass is 16.5. The van der Waals surface area contributed by atoms with Crippen molar-refractivity contribution >= 4 is 22.8 Å². The summed E-state index contributed by atoms with van der Waals surface area (Å²) in [6, 6.07) is 6.71. The standard InChI is InChI=1S/C17H20N4O6/c18-11(8-21(20)13(17(24)25)4-5-15(19)22)9-26-12-3-1-10-2-6-16(23)27-14(10)7-12/h1-3,6-8,13H,4-5,9,18,20H2,(H2,19,22)(H,24,25)/b11-8-. The summed E-state index contributed by atoms with van der Waals surface area (Å²) in [5.41, 5.74) is 10.9. The van der Waals surface area contributed by atoms with Crippen LogP contribution in [0.3, 0.4) is 0 Å². The van der Waals surface area contributed by atoms with Gasteiger partial charge in [-0.1, -0.05) is 0 Å². The molecule has 0 aliphatic carbocycles. The molecule has 0 spiro atoms. The first-order valence-electron chi connectivity index (χ1n) is 7.93. The SMILES string of the molecule is NC(=O)CCC(C(=O)O)N(N)/C=C(\N)COc1ccc2ccc(=O)oc2c1. The van der Waals surface area contributed by atoms with Crippen molar-refractivity contribution in [3.63, 3.8) is 0 Å². The smallest absolute Gasteiger partial charge is 0.336 e. The zero-order chi connectivity index (χ0) is 20.0. The van der Waals surface area contributed by atoms with Gasteiger partial charge in [0.25, 0.3) is 0 Å². The largest absolute Gasteiger partial charge is 0.487 e. The molecule has 1 heterocycles. The molecule has 1 atom stereocenters. The molecule has 0 aliphatic heterocycles. The number of hydrogen-bond acceptors (Lipinski definition) is 8. The van der Waals surface area contributed by atoms with Crippen LogP contribution in [0.25, 0.3) is 11.0 Å². The van der Waals surface area contributed by atoms with Gasteiger partial charge in [0.1, 0.15) is 24.0 Å². The van der Waals surface area contributed by atoms with Gasteiger partial charge in [-0.25, -0.2) is 15.4 Å². The number of carbonyl (C=O) groups excluding carboxylic acids is 1. The molecule has 2 rings (SSSR count). The van der Waals surface area contributed by atoms with Crippen molar-refractivity contribution in [1.82, 2.24) is 5.01 Å². The molecule has 0 aliphatic rings. The summed E-state index contributed by atoms with van der Waals surface area (Å²) >= 11 is 0. The Morgan fingerprint density at radius 3 is 2.63 bits per heavy atom. The Balaban J connectivity index is 2.02. The van der Waals surface area contributed by atoms with E-state index in [0.29, 0.717) is 11.3 Å². The summed E-state index contributed by atoms with van der Waals surface area (Å²) in [4.78, 5) is 33.3. The molecule has 1 amide bonds. The lowest BCUT2D eigenvalue weighted by atomic mass is 10.1. The third kappa shape index (κ3) is 5.75. The van der Waals surface area contributed by atoms with Gasteiger partial charge < -0.3 is 30.7 Å². The van der Waals surface area contributed by atoms with E-state index in [4.69, 9.17) is 26.5 Å². The number of primary amides is 1. The fraction of sp³-hybridized carbons (Fsp3) is 0.235. The number of hydrogen-bond donors (Lipinski definition) is 4. The van der Waals surface area contributed by atoms with E-state index in [1.807, 2.05) is 0 Å². The van der Waals surface area contributed by atoms with Crippen molar-refractivity contribution in [1.29, 1.82) is 0 Å². The minimum atomic E-state index is -1.21. The van der Waals surface area contributed by atoms with Crippen LogP contribution in [0.2, 0.25) is 0 Å². The van der Waals surface area contributed by atoms with Crippen LogP contribution in [-0.2, 0) is 9.59 Å². The van der Waals surface area contributed by atoms with E-state index in [9.17, 15) is 19.5 Å². The lowest BCUT2D eigenvalue weighted by Crippen LogP contribution is -2.43. The molecule has 7 N–H and O–H groups in total.